The van der Waals surface area contributed by atoms with Gasteiger partial charge in [0, 0.05) is 39.3 Å². The van der Waals surface area contributed by atoms with Gasteiger partial charge in [-0.15, -0.1) is 0 Å². The fourth-order valence-electron chi connectivity index (χ4n) is 4.54. The SMILES string of the molecule is COc1ccc(S(=O)(=O)N2CCC[C@@H](C)C2)cc1N1CCN(S(=O)(=O)c2cccc(F)c2)CC1. The predicted molar refractivity (Wildman–Crippen MR) is 128 cm³/mol. The average molecular weight is 512 g/mol. The maximum atomic E-state index is 13.6. The van der Waals surface area contributed by atoms with Crippen molar-refractivity contribution in [3.8, 4) is 5.75 Å². The molecule has 0 amide bonds. The highest BCUT2D eigenvalue weighted by Gasteiger charge is 2.32. The normalized spacial score (nSPS) is 20.9. The molecule has 2 fully saturated rings. The van der Waals surface area contributed by atoms with Gasteiger partial charge in [-0.1, -0.05) is 13.0 Å². The van der Waals surface area contributed by atoms with Crippen molar-refractivity contribution in [2.75, 3.05) is 51.3 Å². The van der Waals surface area contributed by atoms with E-state index in [2.05, 4.69) is 6.92 Å². The Hall–Kier alpha value is -2.21. The van der Waals surface area contributed by atoms with Crippen LogP contribution in [0.2, 0.25) is 0 Å². The number of hydrogen-bond acceptors (Lipinski definition) is 6. The van der Waals surface area contributed by atoms with Gasteiger partial charge in [0.1, 0.15) is 11.6 Å². The third-order valence-corrected chi connectivity index (χ3v) is 10.2. The van der Waals surface area contributed by atoms with Gasteiger partial charge in [-0.2, -0.15) is 8.61 Å². The minimum absolute atomic E-state index is 0.0811. The van der Waals surface area contributed by atoms with Gasteiger partial charge < -0.3 is 9.64 Å². The molecule has 4 rings (SSSR count). The van der Waals surface area contributed by atoms with E-state index in [-0.39, 0.29) is 22.9 Å². The number of methoxy groups -OCH3 is 1. The van der Waals surface area contributed by atoms with E-state index in [0.29, 0.717) is 43.5 Å². The molecule has 2 saturated heterocycles. The standard InChI is InChI=1S/C23H30FN3O5S2/c1-18-5-4-10-27(17-18)34(30,31)21-8-9-23(32-2)22(16-21)25-11-13-26(14-12-25)33(28,29)20-7-3-6-19(24)15-20/h3,6-9,15-16,18H,4-5,10-14,17H2,1-2H3/t18-/m1/s1. The van der Waals surface area contributed by atoms with E-state index in [0.717, 1.165) is 18.9 Å². The van der Waals surface area contributed by atoms with E-state index in [9.17, 15) is 21.2 Å². The number of piperidine rings is 1. The Labute approximate surface area is 201 Å². The molecule has 2 aliphatic rings. The lowest BCUT2D eigenvalue weighted by molar-refractivity contribution is 0.281. The molecule has 1 atom stereocenters. The molecule has 0 unspecified atom stereocenters. The first-order chi connectivity index (χ1) is 16.1. The zero-order valence-electron chi connectivity index (χ0n) is 19.4. The van der Waals surface area contributed by atoms with Gasteiger partial charge in [0.05, 0.1) is 22.6 Å². The molecule has 8 nitrogen and oxygen atoms in total. The van der Waals surface area contributed by atoms with Crippen molar-refractivity contribution in [1.82, 2.24) is 8.61 Å². The molecule has 0 bridgehead atoms. The Kier molecular flexibility index (Phi) is 7.18. The van der Waals surface area contributed by atoms with Crippen molar-refractivity contribution in [3.63, 3.8) is 0 Å². The second-order valence-electron chi connectivity index (χ2n) is 8.79. The fourth-order valence-corrected chi connectivity index (χ4v) is 7.61. The second kappa shape index (κ2) is 9.80. The van der Waals surface area contributed by atoms with Crippen LogP contribution in [-0.2, 0) is 20.0 Å². The number of halogens is 1. The Balaban J connectivity index is 1.55. The summed E-state index contributed by atoms with van der Waals surface area (Å²) in [5.74, 6) is 0.229. The number of benzene rings is 2. The van der Waals surface area contributed by atoms with Crippen molar-refractivity contribution in [3.05, 3.63) is 48.3 Å². The Morgan fingerprint density at radius 1 is 0.882 bits per heavy atom. The lowest BCUT2D eigenvalue weighted by Crippen LogP contribution is -2.48. The second-order valence-corrected chi connectivity index (χ2v) is 12.7. The van der Waals surface area contributed by atoms with Crippen molar-refractivity contribution in [2.24, 2.45) is 5.92 Å². The van der Waals surface area contributed by atoms with E-state index in [1.807, 2.05) is 4.90 Å². The Bertz CT molecular complexity index is 1250. The highest BCUT2D eigenvalue weighted by Crippen LogP contribution is 2.34. The monoisotopic (exact) mass is 511 g/mol. The molecule has 2 aliphatic heterocycles. The minimum Gasteiger partial charge on any atom is -0.495 e. The molecule has 186 valence electrons. The number of rotatable bonds is 6. The summed E-state index contributed by atoms with van der Waals surface area (Å²) in [6.07, 6.45) is 1.86. The molecule has 2 aromatic rings. The van der Waals surface area contributed by atoms with Gasteiger partial charge in [0.2, 0.25) is 20.0 Å². The van der Waals surface area contributed by atoms with Crippen LogP contribution in [-0.4, -0.2) is 71.8 Å². The van der Waals surface area contributed by atoms with Crippen molar-refractivity contribution in [2.45, 2.75) is 29.6 Å². The molecule has 2 heterocycles. The van der Waals surface area contributed by atoms with Crippen LogP contribution in [0.5, 0.6) is 5.75 Å². The topological polar surface area (TPSA) is 87.2 Å². The molecule has 0 aromatic heterocycles. The molecule has 0 radical (unpaired) electrons. The first-order valence-corrected chi connectivity index (χ1v) is 14.2. The Morgan fingerprint density at radius 3 is 2.21 bits per heavy atom. The smallest absolute Gasteiger partial charge is 0.243 e. The summed E-state index contributed by atoms with van der Waals surface area (Å²) in [4.78, 5) is 2.04. The maximum Gasteiger partial charge on any atom is 0.243 e. The molecular weight excluding hydrogens is 481 g/mol. The number of piperazine rings is 1. The number of nitrogens with zero attached hydrogens (tertiary/aromatic N) is 3. The van der Waals surface area contributed by atoms with Crippen LogP contribution in [0.15, 0.2) is 52.3 Å². The highest BCUT2D eigenvalue weighted by molar-refractivity contribution is 7.89. The summed E-state index contributed by atoms with van der Waals surface area (Å²) < 4.78 is 74.3. The van der Waals surface area contributed by atoms with Crippen molar-refractivity contribution >= 4 is 25.7 Å². The Morgan fingerprint density at radius 2 is 1.56 bits per heavy atom. The number of sulfonamides is 2. The molecule has 11 heteroatoms. The van der Waals surface area contributed by atoms with Crippen LogP contribution in [0.25, 0.3) is 0 Å². The summed E-state index contributed by atoms with van der Waals surface area (Å²) in [6.45, 7) is 4.11. The van der Waals surface area contributed by atoms with Crippen molar-refractivity contribution < 1.29 is 26.0 Å². The zero-order valence-corrected chi connectivity index (χ0v) is 21.0. The molecule has 2 aromatic carbocycles. The molecule has 0 N–H and O–H groups in total. The highest BCUT2D eigenvalue weighted by atomic mass is 32.2. The summed E-state index contributed by atoms with van der Waals surface area (Å²) in [5, 5.41) is 0. The van der Waals surface area contributed by atoms with Crippen molar-refractivity contribution in [1.29, 1.82) is 0 Å². The first kappa shape index (κ1) is 24.9. The van der Waals surface area contributed by atoms with Crippen LogP contribution in [0.4, 0.5) is 10.1 Å². The molecule has 0 aliphatic carbocycles. The lowest BCUT2D eigenvalue weighted by atomic mass is 10.0. The molecule has 34 heavy (non-hydrogen) atoms. The van der Waals surface area contributed by atoms with Gasteiger partial charge in [0.25, 0.3) is 0 Å². The quantitative estimate of drug-likeness (QED) is 0.593. The third-order valence-electron chi connectivity index (χ3n) is 6.42. The summed E-state index contributed by atoms with van der Waals surface area (Å²) in [7, 11) is -5.95. The number of ether oxygens (including phenoxy) is 1. The van der Waals surface area contributed by atoms with E-state index in [1.165, 1.54) is 33.9 Å². The first-order valence-electron chi connectivity index (χ1n) is 11.3. The third kappa shape index (κ3) is 4.93. The van der Waals surface area contributed by atoms with Crippen LogP contribution in [0.3, 0.4) is 0 Å². The van der Waals surface area contributed by atoms with Crippen LogP contribution < -0.4 is 9.64 Å². The minimum atomic E-state index is -3.82. The fraction of sp³-hybridized carbons (Fsp3) is 0.478. The van der Waals surface area contributed by atoms with Gasteiger partial charge >= 0.3 is 0 Å². The average Bonchev–Trinajstić information content (AvgIpc) is 2.83. The zero-order chi connectivity index (χ0) is 24.5. The van der Waals surface area contributed by atoms with Crippen LogP contribution in [0, 0.1) is 11.7 Å². The number of hydrogen-bond donors (Lipinski definition) is 0. The molecular formula is C23H30FN3O5S2. The van der Waals surface area contributed by atoms with Crippen LogP contribution >= 0.6 is 0 Å². The summed E-state index contributed by atoms with van der Waals surface area (Å²) in [5.41, 5.74) is 0.608. The molecule has 0 spiro atoms. The number of anilines is 1. The molecule has 0 saturated carbocycles. The van der Waals surface area contributed by atoms with E-state index >= 15 is 0 Å². The van der Waals surface area contributed by atoms with Gasteiger partial charge in [-0.3, -0.25) is 0 Å². The largest absolute Gasteiger partial charge is 0.495 e. The van der Waals surface area contributed by atoms with E-state index in [4.69, 9.17) is 4.74 Å². The van der Waals surface area contributed by atoms with E-state index < -0.39 is 25.9 Å². The van der Waals surface area contributed by atoms with Gasteiger partial charge in [-0.25, -0.2) is 21.2 Å². The van der Waals surface area contributed by atoms with Gasteiger partial charge in [-0.05, 0) is 55.2 Å². The summed E-state index contributed by atoms with van der Waals surface area (Å²) >= 11 is 0. The summed E-state index contributed by atoms with van der Waals surface area (Å²) in [6, 6.07) is 9.79. The lowest BCUT2D eigenvalue weighted by Gasteiger charge is -2.36. The maximum absolute atomic E-state index is 13.6. The van der Waals surface area contributed by atoms with Crippen LogP contribution in [0.1, 0.15) is 19.8 Å². The predicted octanol–water partition coefficient (Wildman–Crippen LogP) is 2.77. The van der Waals surface area contributed by atoms with E-state index in [1.54, 1.807) is 18.2 Å². The van der Waals surface area contributed by atoms with Gasteiger partial charge in [0.15, 0.2) is 0 Å².